The molecule has 0 rings (SSSR count). The Labute approximate surface area is 38.1 Å². The van der Waals surface area contributed by atoms with Crippen LogP contribution in [-0.2, 0) is 0 Å². The van der Waals surface area contributed by atoms with E-state index in [0.717, 1.165) is 0 Å². The number of thiocarbonyl (C=S) groups is 1. The van der Waals surface area contributed by atoms with Crippen LogP contribution in [0.25, 0.3) is 0 Å². The average Bonchev–Trinajstić information content (AvgIpc) is 0.811. The lowest BCUT2D eigenvalue weighted by Gasteiger charge is -1.68. The topological polar surface area (TPSA) is 52.0 Å². The van der Waals surface area contributed by atoms with Crippen molar-refractivity contribution in [2.24, 2.45) is 11.5 Å². The van der Waals surface area contributed by atoms with Crippen LogP contribution in [0.5, 0.6) is 0 Å². The van der Waals surface area contributed by atoms with E-state index in [1.54, 1.807) is 0 Å². The van der Waals surface area contributed by atoms with Crippen molar-refractivity contribution in [3.63, 3.8) is 0 Å². The third kappa shape index (κ3) is 193. The second kappa shape index (κ2) is 3.75. The molecule has 0 atom stereocenters. The molecule has 4 heteroatoms. The lowest BCUT2D eigenvalue weighted by Crippen LogP contribution is -2.18. The number of hydrogen-bond donors (Lipinski definition) is 2. The molecule has 0 heterocycles. The largest absolute Gasteiger partial charge is 0.377 e. The summed E-state index contributed by atoms with van der Waals surface area (Å²) in [7, 11) is 0. The van der Waals surface area contributed by atoms with E-state index in [1.165, 1.54) is 0 Å². The molecule has 0 aromatic heterocycles. The van der Waals surface area contributed by atoms with Gasteiger partial charge in [-0.2, -0.15) is 0 Å². The molecule has 0 saturated carbocycles. The summed E-state index contributed by atoms with van der Waals surface area (Å²) in [6, 6.07) is 0. The van der Waals surface area contributed by atoms with E-state index in [9.17, 15) is 0 Å². The summed E-state index contributed by atoms with van der Waals surface area (Å²) in [4.78, 5) is 0. The quantitative estimate of drug-likeness (QED) is 0.288. The molecule has 0 aliphatic carbocycles. The number of nitrogens with two attached hydrogens (primary N) is 2. The van der Waals surface area contributed by atoms with Gasteiger partial charge >= 0.3 is 0 Å². The van der Waals surface area contributed by atoms with E-state index in [0.29, 0.717) is 0 Å². The highest BCUT2D eigenvalue weighted by molar-refractivity contribution is 7.80. The predicted molar refractivity (Wildman–Crippen MR) is 26.7 cm³/mol. The van der Waals surface area contributed by atoms with Crippen LogP contribution in [0.4, 0.5) is 0 Å². The van der Waals surface area contributed by atoms with E-state index in [1.807, 2.05) is 0 Å². The van der Waals surface area contributed by atoms with Gasteiger partial charge in [0.2, 0.25) is 0 Å². The van der Waals surface area contributed by atoms with Crippen molar-refractivity contribution in [1.29, 1.82) is 0 Å². The fourth-order valence-electron chi connectivity index (χ4n) is 0. The fraction of sp³-hybridized carbons (Fsp3) is 0. The SMILES string of the molecule is NC(N)=S.[B]. The highest BCUT2D eigenvalue weighted by atomic mass is 32.1. The molecule has 0 unspecified atom stereocenters. The molecule has 5 heavy (non-hydrogen) atoms. The van der Waals surface area contributed by atoms with Crippen molar-refractivity contribution in [3.8, 4) is 0 Å². The smallest absolute Gasteiger partial charge is 0.160 e. The summed E-state index contributed by atoms with van der Waals surface area (Å²) in [5.41, 5.74) is 9.24. The van der Waals surface area contributed by atoms with Gasteiger partial charge in [-0.25, -0.2) is 0 Å². The molecule has 2 nitrogen and oxygen atoms in total. The minimum absolute atomic E-state index is 0. The monoisotopic (exact) mass is 87.0 g/mol. The first kappa shape index (κ1) is 8.83. The Morgan fingerprint density at radius 3 is 1.40 bits per heavy atom. The van der Waals surface area contributed by atoms with Gasteiger partial charge in [-0.05, 0) is 12.2 Å². The molecule has 0 aliphatic heterocycles. The van der Waals surface area contributed by atoms with Gasteiger partial charge in [0, 0.05) is 8.41 Å². The summed E-state index contributed by atoms with van der Waals surface area (Å²) in [6.45, 7) is 0. The van der Waals surface area contributed by atoms with Gasteiger partial charge in [0.15, 0.2) is 5.11 Å². The van der Waals surface area contributed by atoms with Crippen molar-refractivity contribution in [1.82, 2.24) is 0 Å². The van der Waals surface area contributed by atoms with Crippen molar-refractivity contribution in [2.45, 2.75) is 0 Å². The van der Waals surface area contributed by atoms with E-state index < -0.39 is 0 Å². The van der Waals surface area contributed by atoms with Gasteiger partial charge in [-0.1, -0.05) is 0 Å². The van der Waals surface area contributed by atoms with Crippen molar-refractivity contribution in [2.75, 3.05) is 0 Å². The summed E-state index contributed by atoms with van der Waals surface area (Å²) < 4.78 is 0. The van der Waals surface area contributed by atoms with E-state index >= 15 is 0 Å². The average molecular weight is 86.9 g/mol. The second-order valence-electron chi connectivity index (χ2n) is 0.402. The molecule has 0 amide bonds. The first-order chi connectivity index (χ1) is 1.73. The minimum atomic E-state index is 0. The normalized spacial score (nSPS) is 4.80. The van der Waals surface area contributed by atoms with Gasteiger partial charge in [0.25, 0.3) is 0 Å². The van der Waals surface area contributed by atoms with Crippen LogP contribution >= 0.6 is 12.2 Å². The van der Waals surface area contributed by atoms with Gasteiger partial charge in [-0.15, -0.1) is 0 Å². The van der Waals surface area contributed by atoms with Gasteiger partial charge in [0.05, 0.1) is 0 Å². The molecule has 0 fully saturated rings. The molecule has 3 radical (unpaired) electrons. The highest BCUT2D eigenvalue weighted by Crippen LogP contribution is 1.32. The fourth-order valence-corrected chi connectivity index (χ4v) is 0. The maximum Gasteiger partial charge on any atom is 0.160 e. The van der Waals surface area contributed by atoms with Gasteiger partial charge in [-0.3, -0.25) is 0 Å². The van der Waals surface area contributed by atoms with Crippen LogP contribution in [0, 0.1) is 0 Å². The molecule has 0 aromatic carbocycles. The zero-order valence-corrected chi connectivity index (χ0v) is 3.46. The van der Waals surface area contributed by atoms with Crippen molar-refractivity contribution < 1.29 is 0 Å². The zero-order chi connectivity index (χ0) is 3.58. The van der Waals surface area contributed by atoms with Crippen LogP contribution in [0.2, 0.25) is 0 Å². The summed E-state index contributed by atoms with van der Waals surface area (Å²) in [5.74, 6) is 0. The lowest BCUT2D eigenvalue weighted by molar-refractivity contribution is 1.65. The summed E-state index contributed by atoms with van der Waals surface area (Å²) in [5, 5.41) is 0.000000000000000222. The van der Waals surface area contributed by atoms with Crippen LogP contribution in [-0.4, -0.2) is 13.5 Å². The molecule has 0 aromatic rings. The Balaban J connectivity index is 0. The van der Waals surface area contributed by atoms with E-state index in [4.69, 9.17) is 0 Å². The molecule has 0 saturated heterocycles. The molecular formula is CH4BN2S. The van der Waals surface area contributed by atoms with Gasteiger partial charge in [0.1, 0.15) is 0 Å². The van der Waals surface area contributed by atoms with E-state index in [-0.39, 0.29) is 13.5 Å². The van der Waals surface area contributed by atoms with Crippen LogP contribution < -0.4 is 11.5 Å². The maximum absolute atomic E-state index is 4.62. The third-order valence-corrected chi connectivity index (χ3v) is 0. The van der Waals surface area contributed by atoms with Crippen LogP contribution in [0.1, 0.15) is 0 Å². The zero-order valence-electron chi connectivity index (χ0n) is 2.64. The molecule has 27 valence electrons. The molecule has 0 spiro atoms. The molecule has 0 bridgehead atoms. The first-order valence-corrected chi connectivity index (χ1v) is 1.19. The Morgan fingerprint density at radius 2 is 1.40 bits per heavy atom. The Kier molecular flexibility index (Phi) is 6.63. The number of hydrogen-bond acceptors (Lipinski definition) is 1. The first-order valence-electron chi connectivity index (χ1n) is 0.781. The van der Waals surface area contributed by atoms with Crippen LogP contribution in [0.15, 0.2) is 0 Å². The summed E-state index contributed by atoms with van der Waals surface area (Å²) >= 11 is 4.09. The minimum Gasteiger partial charge on any atom is -0.377 e. The highest BCUT2D eigenvalue weighted by Gasteiger charge is 1.53. The second-order valence-corrected chi connectivity index (χ2v) is 0.874. The molecular weight excluding hydrogens is 82.9 g/mol. The molecule has 0 aliphatic rings. The Morgan fingerprint density at radius 1 is 1.40 bits per heavy atom. The van der Waals surface area contributed by atoms with E-state index in [2.05, 4.69) is 23.7 Å². The maximum atomic E-state index is 4.62. The Bertz CT molecular complexity index is 32.6. The Hall–Kier alpha value is -0.245. The predicted octanol–water partition coefficient (Wildman–Crippen LogP) is -1.19. The summed E-state index contributed by atoms with van der Waals surface area (Å²) in [6.07, 6.45) is 0. The third-order valence-electron chi connectivity index (χ3n) is 0. The number of rotatable bonds is 0. The van der Waals surface area contributed by atoms with Gasteiger partial charge < -0.3 is 11.5 Å². The van der Waals surface area contributed by atoms with Crippen molar-refractivity contribution >= 4 is 25.7 Å². The molecule has 4 N–H and O–H groups in total. The van der Waals surface area contributed by atoms with Crippen molar-refractivity contribution in [3.05, 3.63) is 0 Å². The standard InChI is InChI=1S/CH4N2S.B/c2-1(3)4;/h(H4,2,3,4);. The lowest BCUT2D eigenvalue weighted by atomic mass is 10.8. The van der Waals surface area contributed by atoms with Crippen LogP contribution in [0.3, 0.4) is 0 Å².